The molecule has 0 unspecified atom stereocenters. The van der Waals surface area contributed by atoms with Gasteiger partial charge in [0.25, 0.3) is 0 Å². The molecule has 0 aliphatic heterocycles. The van der Waals surface area contributed by atoms with Crippen molar-refractivity contribution in [3.05, 3.63) is 34.9 Å². The number of rotatable bonds is 3. The van der Waals surface area contributed by atoms with Gasteiger partial charge in [0, 0.05) is 11.4 Å². The molecule has 90 valence electrons. The molecule has 6 heteroatoms. The predicted octanol–water partition coefficient (Wildman–Crippen LogP) is 2.65. The van der Waals surface area contributed by atoms with Crippen LogP contribution in [0, 0.1) is 0 Å². The molecule has 0 saturated heterocycles. The molecule has 0 aromatic heterocycles. The molecule has 0 bridgehead atoms. The van der Waals surface area contributed by atoms with E-state index in [-0.39, 0.29) is 0 Å². The number of aliphatic hydroxyl groups is 1. The summed E-state index contributed by atoms with van der Waals surface area (Å²) in [6, 6.07) is 3.91. The second kappa shape index (κ2) is 5.03. The van der Waals surface area contributed by atoms with Gasteiger partial charge in [-0.05, 0) is 17.7 Å². The van der Waals surface area contributed by atoms with Crippen LogP contribution >= 0.6 is 11.6 Å². The first-order chi connectivity index (χ1) is 7.30. The summed E-state index contributed by atoms with van der Waals surface area (Å²) in [5.74, 6) is 0. The van der Waals surface area contributed by atoms with Gasteiger partial charge in [0.15, 0.2) is 0 Å². The van der Waals surface area contributed by atoms with E-state index in [0.29, 0.717) is 10.6 Å². The largest absolute Gasteiger partial charge is 0.403 e. The minimum atomic E-state index is -4.49. The second-order valence-corrected chi connectivity index (χ2v) is 3.89. The van der Waals surface area contributed by atoms with Gasteiger partial charge < -0.3 is 10.8 Å². The Labute approximate surface area is 95.8 Å². The van der Waals surface area contributed by atoms with Gasteiger partial charge >= 0.3 is 6.18 Å². The maximum Gasteiger partial charge on any atom is 0.403 e. The van der Waals surface area contributed by atoms with Crippen molar-refractivity contribution in [2.45, 2.75) is 24.7 Å². The lowest BCUT2D eigenvalue weighted by atomic mass is 10.0. The third-order valence-electron chi connectivity index (χ3n) is 2.15. The topological polar surface area (TPSA) is 46.2 Å². The SMILES string of the molecule is N[C@@H](C[C@@H](O)c1ccc(Cl)cc1)C(F)(F)F. The lowest BCUT2D eigenvalue weighted by molar-refractivity contribution is -0.153. The summed E-state index contributed by atoms with van der Waals surface area (Å²) in [7, 11) is 0. The molecule has 0 spiro atoms. The van der Waals surface area contributed by atoms with Gasteiger partial charge in [-0.1, -0.05) is 23.7 Å². The number of benzene rings is 1. The van der Waals surface area contributed by atoms with E-state index in [2.05, 4.69) is 0 Å². The van der Waals surface area contributed by atoms with Crippen molar-refractivity contribution in [2.75, 3.05) is 0 Å². The summed E-state index contributed by atoms with van der Waals surface area (Å²) in [5.41, 5.74) is 5.27. The van der Waals surface area contributed by atoms with E-state index in [1.807, 2.05) is 0 Å². The Morgan fingerprint density at radius 2 is 1.75 bits per heavy atom. The summed E-state index contributed by atoms with van der Waals surface area (Å²) in [4.78, 5) is 0. The van der Waals surface area contributed by atoms with Crippen LogP contribution in [0.5, 0.6) is 0 Å². The first-order valence-corrected chi connectivity index (χ1v) is 4.94. The summed E-state index contributed by atoms with van der Waals surface area (Å²) in [6.45, 7) is 0. The lowest BCUT2D eigenvalue weighted by Crippen LogP contribution is -2.38. The van der Waals surface area contributed by atoms with Crippen LogP contribution in [0.3, 0.4) is 0 Å². The van der Waals surface area contributed by atoms with Crippen LogP contribution in [0.2, 0.25) is 5.02 Å². The zero-order chi connectivity index (χ0) is 12.3. The van der Waals surface area contributed by atoms with Crippen molar-refractivity contribution < 1.29 is 18.3 Å². The van der Waals surface area contributed by atoms with E-state index in [9.17, 15) is 18.3 Å². The highest BCUT2D eigenvalue weighted by molar-refractivity contribution is 6.30. The first kappa shape index (κ1) is 13.3. The van der Waals surface area contributed by atoms with Crippen LogP contribution in [0.1, 0.15) is 18.1 Å². The zero-order valence-corrected chi connectivity index (χ0v) is 8.96. The summed E-state index contributed by atoms with van der Waals surface area (Å²) in [5, 5.41) is 9.98. The average Bonchev–Trinajstić information content (AvgIpc) is 2.17. The molecule has 0 heterocycles. The van der Waals surface area contributed by atoms with Gasteiger partial charge in [-0.25, -0.2) is 0 Å². The molecule has 0 saturated carbocycles. The normalized spacial score (nSPS) is 15.9. The van der Waals surface area contributed by atoms with Gasteiger partial charge in [0.1, 0.15) is 6.04 Å². The van der Waals surface area contributed by atoms with E-state index >= 15 is 0 Å². The minimum Gasteiger partial charge on any atom is -0.388 e. The third-order valence-corrected chi connectivity index (χ3v) is 2.40. The molecule has 1 aromatic rings. The van der Waals surface area contributed by atoms with Crippen LogP contribution in [-0.2, 0) is 0 Å². The third kappa shape index (κ3) is 3.66. The van der Waals surface area contributed by atoms with Gasteiger partial charge in [0.2, 0.25) is 0 Å². The van der Waals surface area contributed by atoms with Crippen molar-refractivity contribution in [2.24, 2.45) is 5.73 Å². The molecule has 0 radical (unpaired) electrons. The van der Waals surface area contributed by atoms with Gasteiger partial charge in [0.05, 0.1) is 6.10 Å². The highest BCUT2D eigenvalue weighted by Gasteiger charge is 2.37. The molecule has 16 heavy (non-hydrogen) atoms. The van der Waals surface area contributed by atoms with E-state index in [0.717, 1.165) is 0 Å². The summed E-state index contributed by atoms with van der Waals surface area (Å²) < 4.78 is 36.4. The molecular formula is C10H11ClF3NO. The van der Waals surface area contributed by atoms with Crippen LogP contribution in [0.15, 0.2) is 24.3 Å². The predicted molar refractivity (Wildman–Crippen MR) is 55.1 cm³/mol. The molecule has 1 aromatic carbocycles. The first-order valence-electron chi connectivity index (χ1n) is 4.56. The van der Waals surface area contributed by atoms with Crippen molar-refractivity contribution in [3.63, 3.8) is 0 Å². The second-order valence-electron chi connectivity index (χ2n) is 3.45. The van der Waals surface area contributed by atoms with Crippen molar-refractivity contribution in [1.82, 2.24) is 0 Å². The Bertz CT molecular complexity index is 339. The Balaban J connectivity index is 2.65. The zero-order valence-electron chi connectivity index (χ0n) is 8.21. The van der Waals surface area contributed by atoms with E-state index in [1.54, 1.807) is 0 Å². The highest BCUT2D eigenvalue weighted by atomic mass is 35.5. The van der Waals surface area contributed by atoms with E-state index < -0.39 is 24.7 Å². The monoisotopic (exact) mass is 253 g/mol. The Kier molecular flexibility index (Phi) is 4.18. The van der Waals surface area contributed by atoms with Crippen molar-refractivity contribution >= 4 is 11.6 Å². The van der Waals surface area contributed by atoms with E-state index in [4.69, 9.17) is 17.3 Å². The summed E-state index contributed by atoms with van der Waals surface area (Å²) in [6.07, 6.45) is -6.30. The van der Waals surface area contributed by atoms with Gasteiger partial charge in [-0.15, -0.1) is 0 Å². The average molecular weight is 254 g/mol. The fourth-order valence-corrected chi connectivity index (χ4v) is 1.32. The quantitative estimate of drug-likeness (QED) is 0.870. The number of aliphatic hydroxyl groups excluding tert-OH is 1. The highest BCUT2D eigenvalue weighted by Crippen LogP contribution is 2.27. The molecule has 3 N–H and O–H groups in total. The molecule has 0 amide bonds. The van der Waals surface area contributed by atoms with Gasteiger partial charge in [-0.2, -0.15) is 13.2 Å². The molecule has 2 nitrogen and oxygen atoms in total. The van der Waals surface area contributed by atoms with Crippen LogP contribution in [0.25, 0.3) is 0 Å². The maximum absolute atomic E-state index is 12.1. The maximum atomic E-state index is 12.1. The standard InChI is InChI=1S/C10H11ClF3NO/c11-7-3-1-6(2-4-7)8(16)5-9(15)10(12,13)14/h1-4,8-9,16H,5,15H2/t8-,9+/m1/s1. The van der Waals surface area contributed by atoms with Crippen molar-refractivity contribution in [1.29, 1.82) is 0 Å². The Morgan fingerprint density at radius 1 is 1.25 bits per heavy atom. The molecule has 1 rings (SSSR count). The fraction of sp³-hybridized carbons (Fsp3) is 0.400. The number of alkyl halides is 3. The Hall–Kier alpha value is -0.780. The number of nitrogens with two attached hydrogens (primary N) is 1. The Morgan fingerprint density at radius 3 is 2.19 bits per heavy atom. The molecule has 0 aliphatic carbocycles. The summed E-state index contributed by atoms with van der Waals surface area (Å²) >= 11 is 5.61. The molecule has 0 fully saturated rings. The fourth-order valence-electron chi connectivity index (χ4n) is 1.20. The molecular weight excluding hydrogens is 243 g/mol. The van der Waals surface area contributed by atoms with Gasteiger partial charge in [-0.3, -0.25) is 0 Å². The van der Waals surface area contributed by atoms with E-state index in [1.165, 1.54) is 24.3 Å². The van der Waals surface area contributed by atoms with Crippen molar-refractivity contribution in [3.8, 4) is 0 Å². The number of hydrogen-bond acceptors (Lipinski definition) is 2. The lowest BCUT2D eigenvalue weighted by Gasteiger charge is -2.19. The van der Waals surface area contributed by atoms with Crippen LogP contribution < -0.4 is 5.73 Å². The number of halogens is 4. The van der Waals surface area contributed by atoms with Crippen LogP contribution in [0.4, 0.5) is 13.2 Å². The number of hydrogen-bond donors (Lipinski definition) is 2. The van der Waals surface area contributed by atoms with Crippen LogP contribution in [-0.4, -0.2) is 17.3 Å². The smallest absolute Gasteiger partial charge is 0.388 e. The molecule has 0 aliphatic rings. The minimum absolute atomic E-state index is 0.365. The molecule has 2 atom stereocenters.